The SMILES string of the molecule is CCC(CC)[C@H](CNC(=O)C[C@H]1Sc2ccc(C(F)(F)F)cc2NC1=O)N1CCOCC1. The number of nitrogens with zero attached hydrogens (tertiary/aromatic N) is 1. The number of morpholine rings is 1. The summed E-state index contributed by atoms with van der Waals surface area (Å²) in [6.07, 6.45) is -2.50. The Morgan fingerprint density at radius 2 is 1.97 bits per heavy atom. The number of carbonyl (C=O) groups excluding carboxylic acids is 2. The Bertz CT molecular complexity index is 811. The highest BCUT2D eigenvalue weighted by Gasteiger charge is 2.34. The molecule has 1 aromatic rings. The summed E-state index contributed by atoms with van der Waals surface area (Å²) in [6.45, 7) is 7.80. The summed E-state index contributed by atoms with van der Waals surface area (Å²) < 4.78 is 44.2. The van der Waals surface area contributed by atoms with E-state index < -0.39 is 22.9 Å². The van der Waals surface area contributed by atoms with Gasteiger partial charge in [-0.1, -0.05) is 26.7 Å². The summed E-state index contributed by atoms with van der Waals surface area (Å²) in [7, 11) is 0. The number of anilines is 1. The average molecular weight is 474 g/mol. The molecule has 32 heavy (non-hydrogen) atoms. The van der Waals surface area contributed by atoms with Crippen LogP contribution in [0.15, 0.2) is 23.1 Å². The van der Waals surface area contributed by atoms with E-state index in [0.29, 0.717) is 30.6 Å². The van der Waals surface area contributed by atoms with Gasteiger partial charge in [-0.05, 0) is 24.1 Å². The van der Waals surface area contributed by atoms with Crippen LogP contribution in [-0.2, 0) is 20.5 Å². The number of hydrogen-bond donors (Lipinski definition) is 2. The molecule has 0 spiro atoms. The molecule has 0 saturated carbocycles. The van der Waals surface area contributed by atoms with E-state index in [1.807, 2.05) is 0 Å². The quantitative estimate of drug-likeness (QED) is 0.602. The van der Waals surface area contributed by atoms with Crippen molar-refractivity contribution in [3.05, 3.63) is 23.8 Å². The summed E-state index contributed by atoms with van der Waals surface area (Å²) in [5.74, 6) is -0.255. The standard InChI is InChI=1S/C22H30F3N3O3S/c1-3-14(4-2)17(28-7-9-31-10-8-28)13-26-20(29)12-19-21(30)27-16-11-15(22(23,24)25)5-6-18(16)32-19/h5-6,11,14,17,19H,3-4,7-10,12-13H2,1-2H3,(H,26,29)(H,27,30)/t17-,19+/m0/s1. The molecule has 1 aromatic carbocycles. The maximum atomic E-state index is 12.9. The number of benzene rings is 1. The fraction of sp³-hybridized carbons (Fsp3) is 0.636. The van der Waals surface area contributed by atoms with Gasteiger partial charge < -0.3 is 15.4 Å². The average Bonchev–Trinajstić information content (AvgIpc) is 2.76. The van der Waals surface area contributed by atoms with Crippen molar-refractivity contribution in [2.24, 2.45) is 5.92 Å². The molecule has 10 heteroatoms. The smallest absolute Gasteiger partial charge is 0.379 e. The topological polar surface area (TPSA) is 70.7 Å². The summed E-state index contributed by atoms with van der Waals surface area (Å²) in [4.78, 5) is 28.0. The van der Waals surface area contributed by atoms with Crippen LogP contribution in [0.5, 0.6) is 0 Å². The second-order valence-corrected chi connectivity index (χ2v) is 9.35. The van der Waals surface area contributed by atoms with Crippen LogP contribution >= 0.6 is 11.8 Å². The predicted octanol–water partition coefficient (Wildman–Crippen LogP) is 3.76. The molecular weight excluding hydrogens is 443 g/mol. The van der Waals surface area contributed by atoms with Crippen molar-refractivity contribution in [1.82, 2.24) is 10.2 Å². The summed E-state index contributed by atoms with van der Waals surface area (Å²) in [5.41, 5.74) is -0.684. The lowest BCUT2D eigenvalue weighted by Gasteiger charge is -2.39. The van der Waals surface area contributed by atoms with Crippen molar-refractivity contribution in [2.75, 3.05) is 38.2 Å². The molecule has 3 rings (SSSR count). The summed E-state index contributed by atoms with van der Waals surface area (Å²) >= 11 is 1.12. The van der Waals surface area contributed by atoms with Crippen LogP contribution in [0.25, 0.3) is 0 Å². The Balaban J connectivity index is 1.59. The van der Waals surface area contributed by atoms with E-state index in [9.17, 15) is 22.8 Å². The molecule has 0 aliphatic carbocycles. The molecule has 0 unspecified atom stereocenters. The van der Waals surface area contributed by atoms with Crippen LogP contribution in [0.1, 0.15) is 38.7 Å². The number of nitrogens with one attached hydrogen (secondary N) is 2. The van der Waals surface area contributed by atoms with Crippen molar-refractivity contribution in [2.45, 2.75) is 55.5 Å². The van der Waals surface area contributed by atoms with Gasteiger partial charge in [0.1, 0.15) is 0 Å². The van der Waals surface area contributed by atoms with E-state index in [0.717, 1.165) is 49.8 Å². The highest BCUT2D eigenvalue weighted by molar-refractivity contribution is 8.01. The Labute approximate surface area is 190 Å². The second-order valence-electron chi connectivity index (χ2n) is 8.10. The maximum Gasteiger partial charge on any atom is 0.416 e. The first-order chi connectivity index (χ1) is 15.2. The number of thioether (sulfide) groups is 1. The monoisotopic (exact) mass is 473 g/mol. The third-order valence-corrected chi connectivity index (χ3v) is 7.39. The van der Waals surface area contributed by atoms with Crippen molar-refractivity contribution >= 4 is 29.3 Å². The van der Waals surface area contributed by atoms with E-state index in [4.69, 9.17) is 4.74 Å². The van der Waals surface area contributed by atoms with Gasteiger partial charge in [0.2, 0.25) is 11.8 Å². The lowest BCUT2D eigenvalue weighted by Crippen LogP contribution is -2.52. The minimum atomic E-state index is -4.48. The van der Waals surface area contributed by atoms with Crippen molar-refractivity contribution < 1.29 is 27.5 Å². The Morgan fingerprint density at radius 1 is 1.28 bits per heavy atom. The number of halogens is 3. The molecule has 1 fully saturated rings. The van der Waals surface area contributed by atoms with Gasteiger partial charge in [0, 0.05) is 37.0 Å². The molecule has 2 aliphatic rings. The number of fused-ring (bicyclic) bond motifs is 1. The maximum absolute atomic E-state index is 12.9. The lowest BCUT2D eigenvalue weighted by atomic mass is 9.92. The molecule has 2 atom stereocenters. The van der Waals surface area contributed by atoms with Gasteiger partial charge in [-0.2, -0.15) is 13.2 Å². The van der Waals surface area contributed by atoms with Gasteiger partial charge in [-0.15, -0.1) is 11.8 Å². The molecular formula is C22H30F3N3O3S. The highest BCUT2D eigenvalue weighted by Crippen LogP contribution is 2.40. The van der Waals surface area contributed by atoms with Crippen LogP contribution in [0.4, 0.5) is 18.9 Å². The zero-order chi connectivity index (χ0) is 23.3. The number of amides is 2. The largest absolute Gasteiger partial charge is 0.416 e. The molecule has 2 heterocycles. The molecule has 6 nitrogen and oxygen atoms in total. The molecule has 0 aromatic heterocycles. The fourth-order valence-corrected chi connectivity index (χ4v) is 5.35. The van der Waals surface area contributed by atoms with Crippen molar-refractivity contribution in [3.8, 4) is 0 Å². The molecule has 2 aliphatic heterocycles. The Morgan fingerprint density at radius 3 is 2.59 bits per heavy atom. The van der Waals surface area contributed by atoms with Crippen molar-refractivity contribution in [1.29, 1.82) is 0 Å². The van der Waals surface area contributed by atoms with Crippen LogP contribution < -0.4 is 10.6 Å². The van der Waals surface area contributed by atoms with Gasteiger partial charge in [-0.25, -0.2) is 0 Å². The third-order valence-electron chi connectivity index (χ3n) is 6.11. The van der Waals surface area contributed by atoms with Gasteiger partial charge >= 0.3 is 6.18 Å². The zero-order valence-electron chi connectivity index (χ0n) is 18.3. The first-order valence-corrected chi connectivity index (χ1v) is 11.9. The first-order valence-electron chi connectivity index (χ1n) is 11.0. The van der Waals surface area contributed by atoms with Gasteiger partial charge in [0.25, 0.3) is 0 Å². The Kier molecular flexibility index (Phi) is 8.46. The summed E-state index contributed by atoms with van der Waals surface area (Å²) in [6, 6.07) is 3.46. The van der Waals surface area contributed by atoms with E-state index in [2.05, 4.69) is 29.4 Å². The highest BCUT2D eigenvalue weighted by atomic mass is 32.2. The number of alkyl halides is 3. The number of hydrogen-bond acceptors (Lipinski definition) is 5. The zero-order valence-corrected chi connectivity index (χ0v) is 19.2. The molecule has 178 valence electrons. The second kappa shape index (κ2) is 10.9. The predicted molar refractivity (Wildman–Crippen MR) is 118 cm³/mol. The van der Waals surface area contributed by atoms with Crippen molar-refractivity contribution in [3.63, 3.8) is 0 Å². The first kappa shape index (κ1) is 24.9. The molecule has 0 bridgehead atoms. The van der Waals surface area contributed by atoms with Crippen LogP contribution in [0.3, 0.4) is 0 Å². The Hall–Kier alpha value is -1.78. The number of ether oxygens (including phenoxy) is 1. The minimum absolute atomic E-state index is 0.0320. The van der Waals surface area contributed by atoms with Gasteiger partial charge in [-0.3, -0.25) is 14.5 Å². The molecule has 0 radical (unpaired) electrons. The van der Waals surface area contributed by atoms with E-state index in [-0.39, 0.29) is 24.1 Å². The molecule has 2 amide bonds. The van der Waals surface area contributed by atoms with Gasteiger partial charge in [0.15, 0.2) is 0 Å². The number of rotatable bonds is 8. The van der Waals surface area contributed by atoms with E-state index in [1.54, 1.807) is 0 Å². The third kappa shape index (κ3) is 6.17. The minimum Gasteiger partial charge on any atom is -0.379 e. The lowest BCUT2D eigenvalue weighted by molar-refractivity contribution is -0.137. The van der Waals surface area contributed by atoms with Crippen LogP contribution in [0.2, 0.25) is 0 Å². The fourth-order valence-electron chi connectivity index (χ4n) is 4.26. The van der Waals surface area contributed by atoms with Crippen LogP contribution in [-0.4, -0.2) is 60.9 Å². The summed E-state index contributed by atoms with van der Waals surface area (Å²) in [5, 5.41) is 4.82. The van der Waals surface area contributed by atoms with Crippen LogP contribution in [0, 0.1) is 5.92 Å². The van der Waals surface area contributed by atoms with E-state index in [1.165, 1.54) is 6.07 Å². The normalized spacial score (nSPS) is 20.6. The molecule has 2 N–H and O–H groups in total. The molecule has 1 saturated heterocycles. The number of carbonyl (C=O) groups is 2. The van der Waals surface area contributed by atoms with E-state index >= 15 is 0 Å². The van der Waals surface area contributed by atoms with Gasteiger partial charge in [0.05, 0.1) is 29.7 Å².